The molecule has 0 unspecified atom stereocenters. The highest BCUT2D eigenvalue weighted by Gasteiger charge is 2.31. The van der Waals surface area contributed by atoms with Crippen molar-refractivity contribution in [3.63, 3.8) is 0 Å². The van der Waals surface area contributed by atoms with Crippen LogP contribution in [0, 0.1) is 0 Å². The molecule has 2 N–H and O–H groups in total. The molecule has 0 saturated carbocycles. The van der Waals surface area contributed by atoms with Crippen molar-refractivity contribution in [3.8, 4) is 0 Å². The average Bonchev–Trinajstić information content (AvgIpc) is 3.40. The molecular weight excluding hydrogens is 382 g/mol. The number of hydrogen-bond donors (Lipinski definition) is 2. The topological polar surface area (TPSA) is 74.6 Å². The summed E-state index contributed by atoms with van der Waals surface area (Å²) in [5.41, 5.74) is 1.27. The molecule has 8 heteroatoms. The Labute approximate surface area is 164 Å². The van der Waals surface area contributed by atoms with Crippen LogP contribution in [0.25, 0.3) is 0 Å². The van der Waals surface area contributed by atoms with Gasteiger partial charge in [0, 0.05) is 16.3 Å². The van der Waals surface area contributed by atoms with Gasteiger partial charge in [-0.25, -0.2) is 4.79 Å². The maximum atomic E-state index is 12.4. The molecule has 0 fully saturated rings. The van der Waals surface area contributed by atoms with Gasteiger partial charge in [0.15, 0.2) is 0 Å². The van der Waals surface area contributed by atoms with E-state index in [-0.39, 0.29) is 25.0 Å². The van der Waals surface area contributed by atoms with E-state index in [1.165, 1.54) is 15.3 Å². The molecule has 0 aromatic carbocycles. The minimum atomic E-state index is -0.516. The molecule has 0 spiro atoms. The zero-order valence-electron chi connectivity index (χ0n) is 14.5. The number of furan rings is 1. The lowest BCUT2D eigenvalue weighted by molar-refractivity contribution is -0.121. The number of urea groups is 1. The molecule has 6 nitrogen and oxygen atoms in total. The fraction of sp³-hybridized carbons (Fsp3) is 0.263. The molecule has 1 aliphatic heterocycles. The molecule has 0 aliphatic carbocycles. The summed E-state index contributed by atoms with van der Waals surface area (Å²) in [6.07, 6.45) is 2.46. The lowest BCUT2D eigenvalue weighted by Crippen LogP contribution is -2.46. The Hall–Kier alpha value is -2.42. The molecule has 0 bridgehead atoms. The molecule has 27 heavy (non-hydrogen) atoms. The molecule has 1 aliphatic rings. The summed E-state index contributed by atoms with van der Waals surface area (Å²) in [5.74, 6) is 0.323. The summed E-state index contributed by atoms with van der Waals surface area (Å²) in [6, 6.07) is 9.34. The predicted molar refractivity (Wildman–Crippen MR) is 105 cm³/mol. The fourth-order valence-electron chi connectivity index (χ4n) is 3.29. The second-order valence-electron chi connectivity index (χ2n) is 6.25. The summed E-state index contributed by atoms with van der Waals surface area (Å²) in [7, 11) is 0. The van der Waals surface area contributed by atoms with Crippen molar-refractivity contribution in [2.45, 2.75) is 19.0 Å². The summed E-state index contributed by atoms with van der Waals surface area (Å²) in [4.78, 5) is 29.1. The fourth-order valence-corrected chi connectivity index (χ4v) is 5.07. The van der Waals surface area contributed by atoms with E-state index in [9.17, 15) is 9.59 Å². The monoisotopic (exact) mass is 401 g/mol. The zero-order chi connectivity index (χ0) is 18.6. The average molecular weight is 402 g/mol. The van der Waals surface area contributed by atoms with Crippen LogP contribution < -0.4 is 10.6 Å². The first kappa shape index (κ1) is 18.0. The minimum absolute atomic E-state index is 0.0666. The number of hydrogen-bond acceptors (Lipinski definition) is 6. The standard InChI is InChI=1S/C19H19N3O3S2/c23-17(21-19(24)20-11-13-3-1-8-25-13)12-22-7-5-15-14(6-10-27-15)18(22)16-4-2-9-26-16/h1-4,6,8-10,18H,5,7,11-12H2,(H2,20,21,23,24)/t18-/m0/s1. The van der Waals surface area contributed by atoms with Gasteiger partial charge in [0.1, 0.15) is 5.76 Å². The van der Waals surface area contributed by atoms with Gasteiger partial charge >= 0.3 is 6.03 Å². The van der Waals surface area contributed by atoms with Gasteiger partial charge in [-0.1, -0.05) is 6.07 Å². The highest BCUT2D eigenvalue weighted by Crippen LogP contribution is 2.39. The number of amides is 3. The molecule has 3 amide bonds. The van der Waals surface area contributed by atoms with E-state index < -0.39 is 6.03 Å². The maximum Gasteiger partial charge on any atom is 0.321 e. The van der Waals surface area contributed by atoms with Crippen LogP contribution in [0.5, 0.6) is 0 Å². The number of carbonyl (C=O) groups excluding carboxylic acids is 2. The maximum absolute atomic E-state index is 12.4. The molecule has 0 saturated heterocycles. The largest absolute Gasteiger partial charge is 0.467 e. The van der Waals surface area contributed by atoms with Crippen LogP contribution in [0.15, 0.2) is 51.8 Å². The Bertz CT molecular complexity index is 903. The van der Waals surface area contributed by atoms with Crippen LogP contribution >= 0.6 is 22.7 Å². The Morgan fingerprint density at radius 3 is 2.89 bits per heavy atom. The van der Waals surface area contributed by atoms with Gasteiger partial charge in [-0.3, -0.25) is 15.0 Å². The molecule has 1 atom stereocenters. The van der Waals surface area contributed by atoms with Gasteiger partial charge < -0.3 is 9.73 Å². The van der Waals surface area contributed by atoms with Crippen LogP contribution in [-0.2, 0) is 17.8 Å². The SMILES string of the molecule is O=C(CN1CCc2sccc2[C@H]1c1cccs1)NC(=O)NCc1ccco1. The third-order valence-corrected chi connectivity index (χ3v) is 6.40. The van der Waals surface area contributed by atoms with Crippen molar-refractivity contribution in [2.75, 3.05) is 13.1 Å². The Morgan fingerprint density at radius 2 is 2.11 bits per heavy atom. The van der Waals surface area contributed by atoms with Gasteiger partial charge in [-0.05, 0) is 47.0 Å². The van der Waals surface area contributed by atoms with E-state index in [1.807, 2.05) is 6.07 Å². The van der Waals surface area contributed by atoms with Crippen molar-refractivity contribution in [2.24, 2.45) is 0 Å². The van der Waals surface area contributed by atoms with Crippen LogP contribution in [0.1, 0.15) is 27.1 Å². The van der Waals surface area contributed by atoms with Crippen LogP contribution in [0.4, 0.5) is 4.79 Å². The summed E-state index contributed by atoms with van der Waals surface area (Å²) >= 11 is 3.46. The predicted octanol–water partition coefficient (Wildman–Crippen LogP) is 3.38. The Balaban J connectivity index is 1.39. The number of carbonyl (C=O) groups is 2. The van der Waals surface area contributed by atoms with E-state index in [1.54, 1.807) is 41.1 Å². The second-order valence-corrected chi connectivity index (χ2v) is 8.23. The highest BCUT2D eigenvalue weighted by atomic mass is 32.1. The first-order chi connectivity index (χ1) is 13.2. The Morgan fingerprint density at radius 1 is 1.19 bits per heavy atom. The van der Waals surface area contributed by atoms with Crippen LogP contribution in [0.2, 0.25) is 0 Å². The van der Waals surface area contributed by atoms with E-state index in [4.69, 9.17) is 4.42 Å². The molecule has 3 aromatic heterocycles. The normalized spacial score (nSPS) is 16.7. The number of thiophene rings is 2. The van der Waals surface area contributed by atoms with Crippen molar-refractivity contribution in [1.29, 1.82) is 0 Å². The number of fused-ring (bicyclic) bond motifs is 1. The third kappa shape index (κ3) is 4.13. The van der Waals surface area contributed by atoms with Crippen molar-refractivity contribution >= 4 is 34.6 Å². The molecule has 4 heterocycles. The lowest BCUT2D eigenvalue weighted by Gasteiger charge is -2.34. The van der Waals surface area contributed by atoms with Crippen LogP contribution in [0.3, 0.4) is 0 Å². The number of rotatable bonds is 5. The Kier molecular flexibility index (Phi) is 5.38. The first-order valence-corrected chi connectivity index (χ1v) is 10.4. The van der Waals surface area contributed by atoms with Crippen LogP contribution in [-0.4, -0.2) is 29.9 Å². The van der Waals surface area contributed by atoms with Gasteiger partial charge in [0.2, 0.25) is 5.91 Å². The molecule has 0 radical (unpaired) electrons. The summed E-state index contributed by atoms with van der Waals surface area (Å²) in [6.45, 7) is 1.20. The van der Waals surface area contributed by atoms with E-state index in [0.29, 0.717) is 5.76 Å². The molecule has 3 aromatic rings. The van der Waals surface area contributed by atoms with E-state index in [2.05, 4.69) is 38.4 Å². The number of nitrogens with zero attached hydrogens (tertiary/aromatic N) is 1. The summed E-state index contributed by atoms with van der Waals surface area (Å²) < 4.78 is 5.16. The molecular formula is C19H19N3O3S2. The highest BCUT2D eigenvalue weighted by molar-refractivity contribution is 7.10. The molecule has 140 valence electrons. The van der Waals surface area contributed by atoms with Crippen molar-refractivity contribution in [1.82, 2.24) is 15.5 Å². The van der Waals surface area contributed by atoms with E-state index in [0.717, 1.165) is 13.0 Å². The van der Waals surface area contributed by atoms with Crippen molar-refractivity contribution < 1.29 is 14.0 Å². The van der Waals surface area contributed by atoms with Crippen molar-refractivity contribution in [3.05, 3.63) is 68.4 Å². The second kappa shape index (κ2) is 8.08. The zero-order valence-corrected chi connectivity index (χ0v) is 16.1. The van der Waals surface area contributed by atoms with Gasteiger partial charge in [0.05, 0.1) is 25.4 Å². The number of nitrogens with one attached hydrogen (secondary N) is 2. The van der Waals surface area contributed by atoms with E-state index >= 15 is 0 Å². The first-order valence-electron chi connectivity index (χ1n) is 8.64. The number of imide groups is 1. The third-order valence-electron chi connectivity index (χ3n) is 4.48. The minimum Gasteiger partial charge on any atom is -0.467 e. The lowest BCUT2D eigenvalue weighted by atomic mass is 9.98. The quantitative estimate of drug-likeness (QED) is 0.687. The van der Waals surface area contributed by atoms with Gasteiger partial charge in [-0.2, -0.15) is 0 Å². The van der Waals surface area contributed by atoms with Gasteiger partial charge in [0.25, 0.3) is 0 Å². The molecule has 4 rings (SSSR count). The summed E-state index contributed by atoms with van der Waals surface area (Å²) in [5, 5.41) is 9.19. The van der Waals surface area contributed by atoms with Gasteiger partial charge in [-0.15, -0.1) is 22.7 Å². The smallest absolute Gasteiger partial charge is 0.321 e.